The molecule has 0 radical (unpaired) electrons. The van der Waals surface area contributed by atoms with Crippen LogP contribution < -0.4 is 0 Å². The maximum atomic E-state index is 12.4. The zero-order valence-electron chi connectivity index (χ0n) is 19.9. The molecule has 0 aromatic carbocycles. The first-order valence-corrected chi connectivity index (χ1v) is 14.2. The van der Waals surface area contributed by atoms with Crippen molar-refractivity contribution in [2.75, 3.05) is 11.5 Å². The predicted octanol–water partition coefficient (Wildman–Crippen LogP) is 6.21. The molecule has 8 heteroatoms. The van der Waals surface area contributed by atoms with Crippen LogP contribution in [-0.4, -0.2) is 39.3 Å². The number of nitrogens with zero attached hydrogens (tertiary/aromatic N) is 4. The maximum absolute atomic E-state index is 12.4. The summed E-state index contributed by atoms with van der Waals surface area (Å²) >= 11 is 6.30. The van der Waals surface area contributed by atoms with Gasteiger partial charge in [-0.2, -0.15) is 14.7 Å². The molecule has 0 amide bonds. The second-order valence-electron chi connectivity index (χ2n) is 9.71. The summed E-state index contributed by atoms with van der Waals surface area (Å²) < 4.78 is 28.2. The minimum absolute atomic E-state index is 0.0807. The van der Waals surface area contributed by atoms with Crippen LogP contribution >= 0.6 is 11.6 Å². The van der Waals surface area contributed by atoms with Crippen molar-refractivity contribution < 1.29 is 8.42 Å². The van der Waals surface area contributed by atoms with Gasteiger partial charge in [0.25, 0.3) is 0 Å². The fourth-order valence-electron chi connectivity index (χ4n) is 3.90. The fourth-order valence-corrected chi connectivity index (χ4v) is 5.55. The quantitative estimate of drug-likeness (QED) is 0.289. The van der Waals surface area contributed by atoms with E-state index in [0.29, 0.717) is 18.2 Å². The first-order chi connectivity index (χ1) is 14.7. The highest BCUT2D eigenvalue weighted by atomic mass is 35.5. The first kappa shape index (κ1) is 26.2. The van der Waals surface area contributed by atoms with E-state index in [0.717, 1.165) is 30.5 Å². The van der Waals surface area contributed by atoms with Gasteiger partial charge in [0.15, 0.2) is 5.65 Å². The Kier molecular flexibility index (Phi) is 10.3. The molecule has 0 aliphatic carbocycles. The van der Waals surface area contributed by atoms with Crippen LogP contribution in [0.25, 0.3) is 5.65 Å². The predicted molar refractivity (Wildman–Crippen MR) is 130 cm³/mol. The summed E-state index contributed by atoms with van der Waals surface area (Å²) in [5, 5.41) is 4.76. The minimum Gasteiger partial charge on any atom is -0.236 e. The summed E-state index contributed by atoms with van der Waals surface area (Å²) in [6, 6.07) is 0. The molecule has 0 saturated carbocycles. The third kappa shape index (κ3) is 8.41. The van der Waals surface area contributed by atoms with E-state index in [1.165, 1.54) is 44.9 Å². The Hall–Kier alpha value is -1.08. The maximum Gasteiger partial charge on any atom is 0.221 e. The van der Waals surface area contributed by atoms with Crippen LogP contribution in [0.1, 0.15) is 104 Å². The molecule has 0 unspecified atom stereocenters. The number of hydrogen-bond donors (Lipinski definition) is 0. The van der Waals surface area contributed by atoms with Gasteiger partial charge >= 0.3 is 0 Å². The summed E-state index contributed by atoms with van der Waals surface area (Å²) in [4.78, 5) is 4.44. The second kappa shape index (κ2) is 12.2. The Bertz CT molecular complexity index is 897. The molecule has 2 heterocycles. The lowest BCUT2D eigenvalue weighted by Gasteiger charge is -2.14. The van der Waals surface area contributed by atoms with Crippen molar-refractivity contribution in [1.82, 2.24) is 19.4 Å². The Labute approximate surface area is 193 Å². The molecule has 0 spiro atoms. The summed E-state index contributed by atoms with van der Waals surface area (Å²) in [7, 11) is -3.03. The van der Waals surface area contributed by atoms with Crippen LogP contribution in [0, 0.1) is 0 Å². The Balaban J connectivity index is 1.69. The van der Waals surface area contributed by atoms with Gasteiger partial charge in [-0.05, 0) is 29.9 Å². The molecule has 2 rings (SSSR count). The van der Waals surface area contributed by atoms with Crippen LogP contribution in [0.4, 0.5) is 0 Å². The fraction of sp³-hybridized carbons (Fsp3) is 0.826. The Morgan fingerprint density at radius 3 is 2.03 bits per heavy atom. The number of aromatic nitrogens is 4. The van der Waals surface area contributed by atoms with Gasteiger partial charge < -0.3 is 0 Å². The standard InChI is InChI=1S/C23H41ClN4O2S/c1-5-6-7-8-9-10-11-12-13-14-17-31(29,30)18-15-16-27-22(24)26-21-20(23(2,3)4)19-25-28(21)27/h19H,5-18H2,1-4H3. The Morgan fingerprint density at radius 2 is 1.45 bits per heavy atom. The summed E-state index contributed by atoms with van der Waals surface area (Å²) in [6.45, 7) is 9.05. The van der Waals surface area contributed by atoms with E-state index < -0.39 is 9.84 Å². The molecule has 31 heavy (non-hydrogen) atoms. The number of rotatable bonds is 15. The van der Waals surface area contributed by atoms with Crippen LogP contribution in [0.3, 0.4) is 0 Å². The van der Waals surface area contributed by atoms with E-state index in [-0.39, 0.29) is 16.9 Å². The van der Waals surface area contributed by atoms with Crippen molar-refractivity contribution in [3.8, 4) is 0 Å². The van der Waals surface area contributed by atoms with Crippen molar-refractivity contribution in [2.24, 2.45) is 0 Å². The lowest BCUT2D eigenvalue weighted by Crippen LogP contribution is -2.15. The zero-order valence-corrected chi connectivity index (χ0v) is 21.4. The van der Waals surface area contributed by atoms with Crippen molar-refractivity contribution in [1.29, 1.82) is 0 Å². The first-order valence-electron chi connectivity index (χ1n) is 12.0. The number of aryl methyl sites for hydroxylation is 1. The van der Waals surface area contributed by atoms with E-state index >= 15 is 0 Å². The number of unbranched alkanes of at least 4 members (excludes halogenated alkanes) is 9. The van der Waals surface area contributed by atoms with Gasteiger partial charge in [-0.15, -0.1) is 0 Å². The van der Waals surface area contributed by atoms with Gasteiger partial charge in [0.05, 0.1) is 17.7 Å². The summed E-state index contributed by atoms with van der Waals surface area (Å²) in [5.74, 6) is 0.459. The molecule has 0 fully saturated rings. The van der Waals surface area contributed by atoms with E-state index in [4.69, 9.17) is 11.6 Å². The van der Waals surface area contributed by atoms with E-state index in [2.05, 4.69) is 37.8 Å². The molecule has 0 aliphatic heterocycles. The zero-order chi connectivity index (χ0) is 22.9. The molecule has 0 bridgehead atoms. The van der Waals surface area contributed by atoms with E-state index in [1.807, 2.05) is 6.20 Å². The monoisotopic (exact) mass is 472 g/mol. The minimum atomic E-state index is -3.03. The van der Waals surface area contributed by atoms with Gasteiger partial charge in [0.1, 0.15) is 9.84 Å². The van der Waals surface area contributed by atoms with Crippen LogP contribution in [0.2, 0.25) is 5.28 Å². The SMILES string of the molecule is CCCCCCCCCCCCS(=O)(=O)CCCn1c(Cl)nc2c(C(C)(C)C)cnn21. The van der Waals surface area contributed by atoms with Gasteiger partial charge in [0, 0.05) is 12.1 Å². The molecule has 0 atom stereocenters. The largest absolute Gasteiger partial charge is 0.236 e. The van der Waals surface area contributed by atoms with E-state index in [1.54, 1.807) is 9.31 Å². The highest BCUT2D eigenvalue weighted by Gasteiger charge is 2.23. The highest BCUT2D eigenvalue weighted by molar-refractivity contribution is 7.91. The summed E-state index contributed by atoms with van der Waals surface area (Å²) in [6.07, 6.45) is 14.4. The normalized spacial score (nSPS) is 12.8. The molecular formula is C23H41ClN4O2S. The Morgan fingerprint density at radius 1 is 0.903 bits per heavy atom. The molecule has 2 aromatic rings. The smallest absolute Gasteiger partial charge is 0.221 e. The average Bonchev–Trinajstić information content (AvgIpc) is 3.22. The molecule has 0 N–H and O–H groups in total. The van der Waals surface area contributed by atoms with Crippen molar-refractivity contribution in [2.45, 2.75) is 110 Å². The number of halogens is 1. The molecule has 178 valence electrons. The second-order valence-corrected chi connectivity index (χ2v) is 12.4. The van der Waals surface area contributed by atoms with Crippen LogP contribution in [-0.2, 0) is 21.8 Å². The molecule has 0 aliphatic rings. The highest BCUT2D eigenvalue weighted by Crippen LogP contribution is 2.27. The lowest BCUT2D eigenvalue weighted by molar-refractivity contribution is 0.525. The van der Waals surface area contributed by atoms with Gasteiger partial charge in [-0.3, -0.25) is 0 Å². The van der Waals surface area contributed by atoms with Crippen molar-refractivity contribution >= 4 is 27.1 Å². The molecule has 2 aromatic heterocycles. The van der Waals surface area contributed by atoms with Gasteiger partial charge in [0.2, 0.25) is 5.28 Å². The van der Waals surface area contributed by atoms with Crippen molar-refractivity contribution in [3.63, 3.8) is 0 Å². The molecule has 6 nitrogen and oxygen atoms in total. The molecular weight excluding hydrogens is 432 g/mol. The van der Waals surface area contributed by atoms with E-state index in [9.17, 15) is 8.42 Å². The van der Waals surface area contributed by atoms with Gasteiger partial charge in [-0.25, -0.2) is 13.1 Å². The van der Waals surface area contributed by atoms with Crippen LogP contribution in [0.15, 0.2) is 6.20 Å². The summed E-state index contributed by atoms with van der Waals surface area (Å²) in [5.41, 5.74) is 1.69. The third-order valence-corrected chi connectivity index (χ3v) is 7.91. The third-order valence-electron chi connectivity index (χ3n) is 5.81. The van der Waals surface area contributed by atoms with Crippen LogP contribution in [0.5, 0.6) is 0 Å². The topological polar surface area (TPSA) is 69.3 Å². The number of hydrogen-bond acceptors (Lipinski definition) is 4. The average molecular weight is 473 g/mol. The molecule has 0 saturated heterocycles. The van der Waals surface area contributed by atoms with Crippen molar-refractivity contribution in [3.05, 3.63) is 17.0 Å². The number of fused-ring (bicyclic) bond motifs is 1. The number of sulfone groups is 1. The lowest BCUT2D eigenvalue weighted by atomic mass is 9.89. The van der Waals surface area contributed by atoms with Gasteiger partial charge in [-0.1, -0.05) is 85.5 Å².